The van der Waals surface area contributed by atoms with Crippen LogP contribution in [-0.2, 0) is 6.54 Å². The standard InChI is InChI=1S/C18H24N2/c1-3-13(2)15-7-9-16(10-8-15)18(20)17-6-4-5-14(11-17)12-19/h4-11,13,18H,3,12,19-20H2,1-2H3. The Kier molecular flexibility index (Phi) is 4.94. The zero-order valence-electron chi connectivity index (χ0n) is 12.3. The first-order chi connectivity index (χ1) is 9.65. The molecule has 2 heteroatoms. The molecule has 0 aliphatic rings. The molecule has 0 aromatic heterocycles. The number of rotatable bonds is 5. The highest BCUT2D eigenvalue weighted by atomic mass is 14.6. The Morgan fingerprint density at radius 3 is 2.20 bits per heavy atom. The Hall–Kier alpha value is -1.64. The molecule has 0 saturated heterocycles. The molecule has 0 spiro atoms. The molecule has 0 aliphatic carbocycles. The summed E-state index contributed by atoms with van der Waals surface area (Å²) < 4.78 is 0. The predicted octanol–water partition coefficient (Wildman–Crippen LogP) is 3.71. The van der Waals surface area contributed by atoms with Gasteiger partial charge in [-0.05, 0) is 34.6 Å². The maximum atomic E-state index is 6.36. The maximum absolute atomic E-state index is 6.36. The zero-order chi connectivity index (χ0) is 14.5. The third-order valence-electron chi connectivity index (χ3n) is 4.02. The fourth-order valence-electron chi connectivity index (χ4n) is 2.37. The Labute approximate surface area is 121 Å². The lowest BCUT2D eigenvalue weighted by atomic mass is 9.93. The molecule has 2 aromatic rings. The number of benzene rings is 2. The van der Waals surface area contributed by atoms with E-state index < -0.39 is 0 Å². The first-order valence-electron chi connectivity index (χ1n) is 7.30. The molecule has 106 valence electrons. The Balaban J connectivity index is 2.22. The van der Waals surface area contributed by atoms with E-state index in [2.05, 4.69) is 50.2 Å². The molecule has 4 N–H and O–H groups in total. The molecule has 20 heavy (non-hydrogen) atoms. The van der Waals surface area contributed by atoms with Gasteiger partial charge in [0.05, 0.1) is 6.04 Å². The third kappa shape index (κ3) is 3.27. The van der Waals surface area contributed by atoms with Gasteiger partial charge in [-0.1, -0.05) is 62.4 Å². The van der Waals surface area contributed by atoms with E-state index in [9.17, 15) is 0 Å². The third-order valence-corrected chi connectivity index (χ3v) is 4.02. The van der Waals surface area contributed by atoms with Crippen molar-refractivity contribution in [3.63, 3.8) is 0 Å². The minimum Gasteiger partial charge on any atom is -0.326 e. The van der Waals surface area contributed by atoms with Gasteiger partial charge < -0.3 is 11.5 Å². The van der Waals surface area contributed by atoms with Gasteiger partial charge in [0.2, 0.25) is 0 Å². The smallest absolute Gasteiger partial charge is 0.0551 e. The Morgan fingerprint density at radius 2 is 1.60 bits per heavy atom. The van der Waals surface area contributed by atoms with Gasteiger partial charge in [0, 0.05) is 6.54 Å². The molecule has 2 nitrogen and oxygen atoms in total. The molecule has 2 aromatic carbocycles. The van der Waals surface area contributed by atoms with Gasteiger partial charge in [-0.3, -0.25) is 0 Å². The lowest BCUT2D eigenvalue weighted by Crippen LogP contribution is -2.12. The largest absolute Gasteiger partial charge is 0.326 e. The summed E-state index contributed by atoms with van der Waals surface area (Å²) in [5.74, 6) is 0.598. The van der Waals surface area contributed by atoms with E-state index in [0.29, 0.717) is 12.5 Å². The minimum atomic E-state index is -0.0903. The van der Waals surface area contributed by atoms with Gasteiger partial charge in [-0.25, -0.2) is 0 Å². The molecule has 2 unspecified atom stereocenters. The second-order valence-corrected chi connectivity index (χ2v) is 5.40. The van der Waals surface area contributed by atoms with E-state index in [1.807, 2.05) is 12.1 Å². The van der Waals surface area contributed by atoms with E-state index >= 15 is 0 Å². The summed E-state index contributed by atoms with van der Waals surface area (Å²) in [4.78, 5) is 0. The van der Waals surface area contributed by atoms with Crippen LogP contribution in [0.1, 0.15) is 54.5 Å². The number of hydrogen-bond acceptors (Lipinski definition) is 2. The quantitative estimate of drug-likeness (QED) is 0.868. The fourth-order valence-corrected chi connectivity index (χ4v) is 2.37. The molecule has 0 amide bonds. The van der Waals surface area contributed by atoms with Gasteiger partial charge in [-0.15, -0.1) is 0 Å². The van der Waals surface area contributed by atoms with Crippen LogP contribution in [0.4, 0.5) is 0 Å². The van der Waals surface area contributed by atoms with Crippen molar-refractivity contribution in [2.75, 3.05) is 0 Å². The minimum absolute atomic E-state index is 0.0903. The molecule has 0 fully saturated rings. The highest BCUT2D eigenvalue weighted by Gasteiger charge is 2.10. The van der Waals surface area contributed by atoms with Crippen molar-refractivity contribution in [2.45, 2.75) is 38.8 Å². The molecule has 0 heterocycles. The normalized spacial score (nSPS) is 14.0. The van der Waals surface area contributed by atoms with Crippen LogP contribution in [0.25, 0.3) is 0 Å². The van der Waals surface area contributed by atoms with Crippen LogP contribution in [0.3, 0.4) is 0 Å². The topological polar surface area (TPSA) is 52.0 Å². The van der Waals surface area contributed by atoms with Crippen LogP contribution in [0, 0.1) is 0 Å². The second-order valence-electron chi connectivity index (χ2n) is 5.40. The first-order valence-corrected chi connectivity index (χ1v) is 7.30. The van der Waals surface area contributed by atoms with Gasteiger partial charge in [-0.2, -0.15) is 0 Å². The van der Waals surface area contributed by atoms with Crippen LogP contribution in [0.5, 0.6) is 0 Å². The van der Waals surface area contributed by atoms with Gasteiger partial charge in [0.25, 0.3) is 0 Å². The van der Waals surface area contributed by atoms with E-state index in [4.69, 9.17) is 11.5 Å². The lowest BCUT2D eigenvalue weighted by molar-refractivity contribution is 0.732. The van der Waals surface area contributed by atoms with Crippen LogP contribution >= 0.6 is 0 Å². The summed E-state index contributed by atoms with van der Waals surface area (Å²) in [6.45, 7) is 5.01. The summed E-state index contributed by atoms with van der Waals surface area (Å²) in [5.41, 5.74) is 16.8. The van der Waals surface area contributed by atoms with Crippen molar-refractivity contribution in [2.24, 2.45) is 11.5 Å². The van der Waals surface area contributed by atoms with Crippen LogP contribution in [0.15, 0.2) is 48.5 Å². The highest BCUT2D eigenvalue weighted by molar-refractivity contribution is 5.35. The predicted molar refractivity (Wildman–Crippen MR) is 85.5 cm³/mol. The highest BCUT2D eigenvalue weighted by Crippen LogP contribution is 2.24. The monoisotopic (exact) mass is 268 g/mol. The van der Waals surface area contributed by atoms with Crippen LogP contribution in [-0.4, -0.2) is 0 Å². The van der Waals surface area contributed by atoms with Gasteiger partial charge in [0.15, 0.2) is 0 Å². The molecule has 0 bridgehead atoms. The van der Waals surface area contributed by atoms with Crippen molar-refractivity contribution in [1.29, 1.82) is 0 Å². The molecule has 0 saturated carbocycles. The molecule has 0 aliphatic heterocycles. The van der Waals surface area contributed by atoms with Crippen molar-refractivity contribution in [3.05, 3.63) is 70.8 Å². The summed E-state index contributed by atoms with van der Waals surface area (Å²) in [7, 11) is 0. The summed E-state index contributed by atoms with van der Waals surface area (Å²) in [5, 5.41) is 0. The summed E-state index contributed by atoms with van der Waals surface area (Å²) in [6.07, 6.45) is 1.16. The van der Waals surface area contributed by atoms with Crippen LogP contribution in [0.2, 0.25) is 0 Å². The molecule has 2 rings (SSSR count). The van der Waals surface area contributed by atoms with Crippen molar-refractivity contribution in [1.82, 2.24) is 0 Å². The lowest BCUT2D eigenvalue weighted by Gasteiger charge is -2.15. The van der Waals surface area contributed by atoms with Gasteiger partial charge in [0.1, 0.15) is 0 Å². The average molecular weight is 268 g/mol. The van der Waals surface area contributed by atoms with E-state index in [0.717, 1.165) is 23.1 Å². The van der Waals surface area contributed by atoms with E-state index in [-0.39, 0.29) is 6.04 Å². The fraction of sp³-hybridized carbons (Fsp3) is 0.333. The Bertz CT molecular complexity index is 546. The summed E-state index contributed by atoms with van der Waals surface area (Å²) in [6, 6.07) is 16.8. The SMILES string of the molecule is CCC(C)c1ccc(C(N)c2cccc(CN)c2)cc1. The van der Waals surface area contributed by atoms with Crippen molar-refractivity contribution >= 4 is 0 Å². The molecule has 2 atom stereocenters. The zero-order valence-corrected chi connectivity index (χ0v) is 12.3. The van der Waals surface area contributed by atoms with E-state index in [1.54, 1.807) is 0 Å². The number of nitrogens with two attached hydrogens (primary N) is 2. The van der Waals surface area contributed by atoms with Crippen molar-refractivity contribution in [3.8, 4) is 0 Å². The first kappa shape index (κ1) is 14.8. The molecular weight excluding hydrogens is 244 g/mol. The van der Waals surface area contributed by atoms with Crippen LogP contribution < -0.4 is 11.5 Å². The van der Waals surface area contributed by atoms with E-state index in [1.165, 1.54) is 5.56 Å². The summed E-state index contributed by atoms with van der Waals surface area (Å²) >= 11 is 0. The number of hydrogen-bond donors (Lipinski definition) is 2. The maximum Gasteiger partial charge on any atom is 0.0551 e. The van der Waals surface area contributed by atoms with Crippen molar-refractivity contribution < 1.29 is 0 Å². The Morgan fingerprint density at radius 1 is 0.950 bits per heavy atom. The molecule has 0 radical (unpaired) electrons. The second kappa shape index (κ2) is 6.69. The molecular formula is C18H24N2. The average Bonchev–Trinajstić information content (AvgIpc) is 2.53. The van der Waals surface area contributed by atoms with Gasteiger partial charge >= 0.3 is 0 Å².